The van der Waals surface area contributed by atoms with Crippen LogP contribution in [0.1, 0.15) is 16.5 Å². The van der Waals surface area contributed by atoms with Crippen LogP contribution in [-0.4, -0.2) is 23.4 Å². The molecular formula is C17H13FN2O5S. The highest BCUT2D eigenvalue weighted by molar-refractivity contribution is 8.00. The fourth-order valence-corrected chi connectivity index (χ4v) is 4.16. The highest BCUT2D eigenvalue weighted by Gasteiger charge is 2.39. The third-order valence-electron chi connectivity index (χ3n) is 4.29. The van der Waals surface area contributed by atoms with Crippen molar-refractivity contribution in [3.63, 3.8) is 0 Å². The maximum atomic E-state index is 14.0. The SMILES string of the molecule is Cc1ccc(N2C(=O)CS[C@@H]2c2cc3c(cc2[N+](=O)[O-])OCO3)cc1F. The van der Waals surface area contributed by atoms with Gasteiger partial charge >= 0.3 is 0 Å². The van der Waals surface area contributed by atoms with Crippen LogP contribution in [0.2, 0.25) is 0 Å². The van der Waals surface area contributed by atoms with Gasteiger partial charge in [-0.1, -0.05) is 6.07 Å². The average molecular weight is 376 g/mol. The number of hydrogen-bond acceptors (Lipinski definition) is 6. The zero-order chi connectivity index (χ0) is 18.4. The number of anilines is 1. The van der Waals surface area contributed by atoms with Crippen LogP contribution in [0.5, 0.6) is 11.5 Å². The molecule has 2 aromatic carbocycles. The number of nitro benzene ring substituents is 1. The number of amides is 1. The topological polar surface area (TPSA) is 81.9 Å². The van der Waals surface area contributed by atoms with Gasteiger partial charge < -0.3 is 9.47 Å². The lowest BCUT2D eigenvalue weighted by molar-refractivity contribution is -0.385. The molecule has 0 bridgehead atoms. The molecule has 7 nitrogen and oxygen atoms in total. The summed E-state index contributed by atoms with van der Waals surface area (Å²) in [6.45, 7) is 1.61. The number of nitro groups is 1. The molecular weight excluding hydrogens is 363 g/mol. The lowest BCUT2D eigenvalue weighted by Gasteiger charge is -2.24. The summed E-state index contributed by atoms with van der Waals surface area (Å²) in [6.07, 6.45) is 0. The second-order valence-electron chi connectivity index (χ2n) is 5.88. The first-order valence-electron chi connectivity index (χ1n) is 7.73. The summed E-state index contributed by atoms with van der Waals surface area (Å²) in [5.41, 5.74) is 0.967. The number of carbonyl (C=O) groups is 1. The molecule has 134 valence electrons. The molecule has 0 spiro atoms. The number of carbonyl (C=O) groups excluding carboxylic acids is 1. The second kappa shape index (κ2) is 6.17. The predicted molar refractivity (Wildman–Crippen MR) is 93.0 cm³/mol. The molecule has 2 aliphatic heterocycles. The van der Waals surface area contributed by atoms with Crippen LogP contribution in [0.3, 0.4) is 0 Å². The van der Waals surface area contributed by atoms with Gasteiger partial charge in [0.25, 0.3) is 5.69 Å². The summed E-state index contributed by atoms with van der Waals surface area (Å²) in [4.78, 5) is 24.8. The van der Waals surface area contributed by atoms with Gasteiger partial charge in [0, 0.05) is 5.69 Å². The standard InChI is InChI=1S/C17H13FN2O5S/c1-9-2-3-10(4-12(9)18)19-16(21)7-26-17(19)11-5-14-15(25-8-24-14)6-13(11)20(22)23/h2-6,17H,7-8H2,1H3/t17-/m1/s1. The fraction of sp³-hybridized carbons (Fsp3) is 0.235. The van der Waals surface area contributed by atoms with Gasteiger partial charge in [0.1, 0.15) is 11.2 Å². The van der Waals surface area contributed by atoms with Crippen LogP contribution >= 0.6 is 11.8 Å². The number of ether oxygens (including phenoxy) is 2. The Balaban J connectivity index is 1.82. The zero-order valence-corrected chi connectivity index (χ0v) is 14.4. The minimum absolute atomic E-state index is 0.0143. The maximum absolute atomic E-state index is 14.0. The van der Waals surface area contributed by atoms with Crippen molar-refractivity contribution in [1.29, 1.82) is 0 Å². The van der Waals surface area contributed by atoms with Crippen molar-refractivity contribution in [2.45, 2.75) is 12.3 Å². The molecule has 4 rings (SSSR count). The van der Waals surface area contributed by atoms with Crippen LogP contribution in [0.25, 0.3) is 0 Å². The van der Waals surface area contributed by atoms with Crippen molar-refractivity contribution in [2.75, 3.05) is 17.4 Å². The quantitative estimate of drug-likeness (QED) is 0.602. The summed E-state index contributed by atoms with van der Waals surface area (Å²) < 4.78 is 24.5. The molecule has 0 saturated carbocycles. The molecule has 0 unspecified atom stereocenters. The van der Waals surface area contributed by atoms with E-state index in [0.717, 1.165) is 0 Å². The Labute approximate surface area is 151 Å². The highest BCUT2D eigenvalue weighted by atomic mass is 32.2. The lowest BCUT2D eigenvalue weighted by atomic mass is 10.1. The molecule has 0 N–H and O–H groups in total. The number of rotatable bonds is 3. The lowest BCUT2D eigenvalue weighted by Crippen LogP contribution is -2.28. The van der Waals surface area contributed by atoms with E-state index in [-0.39, 0.29) is 24.1 Å². The van der Waals surface area contributed by atoms with Gasteiger partial charge in [0.05, 0.1) is 22.3 Å². The smallest absolute Gasteiger partial charge is 0.279 e. The van der Waals surface area contributed by atoms with Crippen molar-refractivity contribution in [3.05, 3.63) is 57.4 Å². The molecule has 1 amide bonds. The monoisotopic (exact) mass is 376 g/mol. The summed E-state index contributed by atoms with van der Waals surface area (Å²) in [7, 11) is 0. The van der Waals surface area contributed by atoms with E-state index in [1.807, 2.05) is 0 Å². The number of halogens is 1. The molecule has 26 heavy (non-hydrogen) atoms. The highest BCUT2D eigenvalue weighted by Crippen LogP contribution is 2.48. The maximum Gasteiger partial charge on any atom is 0.279 e. The summed E-state index contributed by atoms with van der Waals surface area (Å²) in [5, 5.41) is 10.9. The van der Waals surface area contributed by atoms with Gasteiger partial charge in [-0.05, 0) is 30.7 Å². The van der Waals surface area contributed by atoms with E-state index < -0.39 is 16.1 Å². The zero-order valence-electron chi connectivity index (χ0n) is 13.6. The van der Waals surface area contributed by atoms with Crippen molar-refractivity contribution in [1.82, 2.24) is 0 Å². The van der Waals surface area contributed by atoms with E-state index >= 15 is 0 Å². The van der Waals surface area contributed by atoms with Gasteiger partial charge in [-0.15, -0.1) is 11.8 Å². The number of nitrogens with zero attached hydrogens (tertiary/aromatic N) is 2. The third kappa shape index (κ3) is 2.64. The molecule has 2 aliphatic rings. The molecule has 0 aromatic heterocycles. The number of thioether (sulfide) groups is 1. The second-order valence-corrected chi connectivity index (χ2v) is 6.95. The number of fused-ring (bicyclic) bond motifs is 1. The van der Waals surface area contributed by atoms with Gasteiger partial charge in [0.15, 0.2) is 11.5 Å². The molecule has 1 saturated heterocycles. The predicted octanol–water partition coefficient (Wildman–Crippen LogP) is 3.55. The van der Waals surface area contributed by atoms with E-state index in [0.29, 0.717) is 28.3 Å². The first kappa shape index (κ1) is 16.6. The normalized spacial score (nSPS) is 18.5. The Bertz CT molecular complexity index is 936. The Morgan fingerprint density at radius 3 is 2.69 bits per heavy atom. The first-order valence-corrected chi connectivity index (χ1v) is 8.78. The van der Waals surface area contributed by atoms with Gasteiger partial charge in [-0.25, -0.2) is 4.39 Å². The minimum atomic E-state index is -0.653. The molecule has 2 heterocycles. The van der Waals surface area contributed by atoms with Crippen molar-refractivity contribution < 1.29 is 23.6 Å². The fourth-order valence-electron chi connectivity index (χ4n) is 2.97. The van der Waals surface area contributed by atoms with Gasteiger partial charge in [0.2, 0.25) is 12.7 Å². The molecule has 1 fully saturated rings. The summed E-state index contributed by atoms with van der Waals surface area (Å²) in [6, 6.07) is 7.30. The molecule has 2 aromatic rings. The van der Waals surface area contributed by atoms with Crippen molar-refractivity contribution in [3.8, 4) is 11.5 Å². The summed E-state index contributed by atoms with van der Waals surface area (Å²) in [5.74, 6) is 0.149. The Morgan fingerprint density at radius 1 is 1.27 bits per heavy atom. The van der Waals surface area contributed by atoms with Crippen molar-refractivity contribution >= 4 is 29.0 Å². The van der Waals surface area contributed by atoms with E-state index in [2.05, 4.69) is 0 Å². The Kier molecular flexibility index (Phi) is 3.95. The van der Waals surface area contributed by atoms with E-state index in [9.17, 15) is 19.3 Å². The van der Waals surface area contributed by atoms with Gasteiger partial charge in [-0.2, -0.15) is 0 Å². The number of benzene rings is 2. The van der Waals surface area contributed by atoms with E-state index in [4.69, 9.17) is 9.47 Å². The molecule has 9 heteroatoms. The van der Waals surface area contributed by atoms with Crippen LogP contribution < -0.4 is 14.4 Å². The molecule has 0 radical (unpaired) electrons. The van der Waals surface area contributed by atoms with E-state index in [1.165, 1.54) is 34.9 Å². The minimum Gasteiger partial charge on any atom is -0.454 e. The van der Waals surface area contributed by atoms with Crippen LogP contribution in [0.4, 0.5) is 15.8 Å². The van der Waals surface area contributed by atoms with Crippen LogP contribution in [0.15, 0.2) is 30.3 Å². The number of aryl methyl sites for hydroxylation is 1. The molecule has 1 atom stereocenters. The Morgan fingerprint density at radius 2 is 2.00 bits per heavy atom. The van der Waals surface area contributed by atoms with Gasteiger partial charge in [-0.3, -0.25) is 19.8 Å². The van der Waals surface area contributed by atoms with Crippen LogP contribution in [0, 0.1) is 22.9 Å². The van der Waals surface area contributed by atoms with E-state index in [1.54, 1.807) is 19.1 Å². The molecule has 0 aliphatic carbocycles. The summed E-state index contributed by atoms with van der Waals surface area (Å²) >= 11 is 1.25. The third-order valence-corrected chi connectivity index (χ3v) is 5.48. The van der Waals surface area contributed by atoms with Crippen molar-refractivity contribution in [2.24, 2.45) is 0 Å². The van der Waals surface area contributed by atoms with Crippen LogP contribution in [-0.2, 0) is 4.79 Å². The largest absolute Gasteiger partial charge is 0.454 e. The first-order chi connectivity index (χ1) is 12.5. The Hall–Kier alpha value is -2.81. The number of hydrogen-bond donors (Lipinski definition) is 0. The average Bonchev–Trinajstić information content (AvgIpc) is 3.22.